The number of nitrogens with zero attached hydrogens (tertiary/aromatic N) is 2. The van der Waals surface area contributed by atoms with E-state index in [4.69, 9.17) is 0 Å². The van der Waals surface area contributed by atoms with Gasteiger partial charge >= 0.3 is 0 Å². The van der Waals surface area contributed by atoms with Gasteiger partial charge in [-0.2, -0.15) is 0 Å². The van der Waals surface area contributed by atoms with Gasteiger partial charge in [0.1, 0.15) is 0 Å². The zero-order chi connectivity index (χ0) is 11.4. The maximum atomic E-state index is 11.6. The molecule has 0 spiro atoms. The number of carbonyl (C=O) groups is 1. The van der Waals surface area contributed by atoms with Crippen LogP contribution in [0.15, 0.2) is 17.5 Å². The Morgan fingerprint density at radius 1 is 1.38 bits per heavy atom. The Hall–Kier alpha value is -1.31. The third-order valence-corrected chi connectivity index (χ3v) is 3.44. The van der Waals surface area contributed by atoms with Crippen molar-refractivity contribution in [2.24, 2.45) is 0 Å². The predicted octanol–water partition coefficient (Wildman–Crippen LogP) is 1.14. The van der Waals surface area contributed by atoms with Crippen molar-refractivity contribution in [2.75, 3.05) is 33.2 Å². The van der Waals surface area contributed by atoms with Crippen molar-refractivity contribution in [1.82, 2.24) is 9.80 Å². The monoisotopic (exact) mass is 234 g/mol. The van der Waals surface area contributed by atoms with Crippen LogP contribution in [-0.2, 0) is 0 Å². The summed E-state index contributed by atoms with van der Waals surface area (Å²) in [6.07, 6.45) is 0. The van der Waals surface area contributed by atoms with Crippen LogP contribution in [0.5, 0.6) is 0 Å². The SMILES string of the molecule is CN1CCN(C#CC(=O)c2cccs2)CC1. The molecule has 0 saturated carbocycles. The summed E-state index contributed by atoms with van der Waals surface area (Å²) in [5.41, 5.74) is 0. The molecule has 0 amide bonds. The minimum Gasteiger partial charge on any atom is -0.330 e. The zero-order valence-electron chi connectivity index (χ0n) is 9.27. The molecule has 0 radical (unpaired) electrons. The van der Waals surface area contributed by atoms with Gasteiger partial charge in [0.2, 0.25) is 5.78 Å². The largest absolute Gasteiger partial charge is 0.330 e. The fourth-order valence-electron chi connectivity index (χ4n) is 1.52. The number of thiophene rings is 1. The standard InChI is InChI=1S/C12H14N2OS/c1-13-6-8-14(9-7-13)5-4-11(15)12-3-2-10-16-12/h2-3,10H,6-9H2,1H3. The second-order valence-corrected chi connectivity index (χ2v) is 4.78. The molecule has 2 heterocycles. The normalized spacial score (nSPS) is 16.7. The lowest BCUT2D eigenvalue weighted by Gasteiger charge is -2.29. The van der Waals surface area contributed by atoms with Crippen molar-refractivity contribution >= 4 is 17.1 Å². The van der Waals surface area contributed by atoms with Crippen molar-refractivity contribution < 1.29 is 4.79 Å². The van der Waals surface area contributed by atoms with Gasteiger partial charge in [-0.05, 0) is 18.5 Å². The molecule has 4 heteroatoms. The minimum atomic E-state index is -0.0751. The van der Waals surface area contributed by atoms with Crippen LogP contribution < -0.4 is 0 Å². The molecule has 1 aliphatic rings. The van der Waals surface area contributed by atoms with Crippen LogP contribution >= 0.6 is 11.3 Å². The molecule has 1 aromatic rings. The molecule has 1 aliphatic heterocycles. The number of piperazine rings is 1. The van der Waals surface area contributed by atoms with Crippen molar-refractivity contribution in [3.05, 3.63) is 22.4 Å². The number of Topliss-reactive ketones (excluding diaryl/α,β-unsaturated/α-hetero) is 1. The lowest BCUT2D eigenvalue weighted by Crippen LogP contribution is -2.42. The number of ketones is 1. The molecule has 0 aromatic carbocycles. The van der Waals surface area contributed by atoms with Gasteiger partial charge in [-0.1, -0.05) is 6.07 Å². The topological polar surface area (TPSA) is 23.6 Å². The second kappa shape index (κ2) is 5.15. The van der Waals surface area contributed by atoms with Crippen molar-refractivity contribution in [2.45, 2.75) is 0 Å². The van der Waals surface area contributed by atoms with E-state index in [2.05, 4.69) is 23.9 Å². The quantitative estimate of drug-likeness (QED) is 0.538. The summed E-state index contributed by atoms with van der Waals surface area (Å²) in [6.45, 7) is 3.87. The lowest BCUT2D eigenvalue weighted by molar-refractivity contribution is 0.105. The molecule has 16 heavy (non-hydrogen) atoms. The Morgan fingerprint density at radius 3 is 2.75 bits per heavy atom. The molecule has 1 saturated heterocycles. The number of carbonyl (C=O) groups excluding carboxylic acids is 1. The van der Waals surface area contributed by atoms with E-state index >= 15 is 0 Å². The zero-order valence-corrected chi connectivity index (χ0v) is 10.1. The average molecular weight is 234 g/mol. The summed E-state index contributed by atoms with van der Waals surface area (Å²) in [5, 5.41) is 1.89. The molecule has 0 N–H and O–H groups in total. The third-order valence-electron chi connectivity index (χ3n) is 2.58. The van der Waals surface area contributed by atoms with Crippen molar-refractivity contribution in [3.8, 4) is 12.0 Å². The molecule has 0 aliphatic carbocycles. The van der Waals surface area contributed by atoms with E-state index in [0.29, 0.717) is 0 Å². The first-order chi connectivity index (χ1) is 7.75. The molecule has 1 aromatic heterocycles. The predicted molar refractivity (Wildman–Crippen MR) is 65.5 cm³/mol. The highest BCUT2D eigenvalue weighted by Crippen LogP contribution is 2.08. The Morgan fingerprint density at radius 2 is 2.12 bits per heavy atom. The van der Waals surface area contributed by atoms with Crippen LogP contribution in [0.1, 0.15) is 9.67 Å². The molecule has 0 unspecified atom stereocenters. The van der Waals surface area contributed by atoms with Gasteiger partial charge in [0.25, 0.3) is 0 Å². The van der Waals surface area contributed by atoms with Crippen LogP contribution in [-0.4, -0.2) is 48.8 Å². The number of likely N-dealkylation sites (N-methyl/N-ethyl adjacent to an activating group) is 1. The first kappa shape index (κ1) is 11.2. The number of hydrogen-bond donors (Lipinski definition) is 0. The highest BCUT2D eigenvalue weighted by molar-refractivity contribution is 7.12. The van der Waals surface area contributed by atoms with E-state index < -0.39 is 0 Å². The lowest BCUT2D eigenvalue weighted by atomic mass is 10.3. The molecule has 3 nitrogen and oxygen atoms in total. The Labute approximate surface area is 99.7 Å². The van der Waals surface area contributed by atoms with Gasteiger partial charge in [0.05, 0.1) is 4.88 Å². The van der Waals surface area contributed by atoms with Gasteiger partial charge in [-0.15, -0.1) is 11.3 Å². The highest BCUT2D eigenvalue weighted by atomic mass is 32.1. The summed E-state index contributed by atoms with van der Waals surface area (Å²) < 4.78 is 0. The van der Waals surface area contributed by atoms with Crippen LogP contribution in [0.2, 0.25) is 0 Å². The van der Waals surface area contributed by atoms with E-state index in [1.165, 1.54) is 11.3 Å². The van der Waals surface area contributed by atoms with Gasteiger partial charge < -0.3 is 9.80 Å². The summed E-state index contributed by atoms with van der Waals surface area (Å²) >= 11 is 1.44. The van der Waals surface area contributed by atoms with E-state index in [0.717, 1.165) is 31.1 Å². The first-order valence-corrected chi connectivity index (χ1v) is 6.16. The summed E-state index contributed by atoms with van der Waals surface area (Å²) in [7, 11) is 2.10. The van der Waals surface area contributed by atoms with Crippen LogP contribution in [0, 0.1) is 12.0 Å². The summed E-state index contributed by atoms with van der Waals surface area (Å²) in [5.74, 6) is 2.62. The molecule has 0 atom stereocenters. The van der Waals surface area contributed by atoms with E-state index in [1.54, 1.807) is 0 Å². The van der Waals surface area contributed by atoms with Crippen molar-refractivity contribution in [1.29, 1.82) is 0 Å². The molecular weight excluding hydrogens is 220 g/mol. The first-order valence-electron chi connectivity index (χ1n) is 5.29. The molecule has 1 fully saturated rings. The van der Waals surface area contributed by atoms with E-state index in [1.807, 2.05) is 22.4 Å². The second-order valence-electron chi connectivity index (χ2n) is 3.83. The maximum Gasteiger partial charge on any atom is 0.247 e. The van der Waals surface area contributed by atoms with Gasteiger partial charge in [0, 0.05) is 38.1 Å². The molecule has 0 bridgehead atoms. The highest BCUT2D eigenvalue weighted by Gasteiger charge is 2.10. The van der Waals surface area contributed by atoms with Gasteiger partial charge in [0.15, 0.2) is 0 Å². The van der Waals surface area contributed by atoms with Crippen LogP contribution in [0.3, 0.4) is 0 Å². The van der Waals surface area contributed by atoms with E-state index in [-0.39, 0.29) is 5.78 Å². The fourth-order valence-corrected chi connectivity index (χ4v) is 2.14. The van der Waals surface area contributed by atoms with Crippen LogP contribution in [0.4, 0.5) is 0 Å². The fraction of sp³-hybridized carbons (Fsp3) is 0.417. The van der Waals surface area contributed by atoms with E-state index in [9.17, 15) is 4.79 Å². The van der Waals surface area contributed by atoms with Gasteiger partial charge in [-0.3, -0.25) is 4.79 Å². The minimum absolute atomic E-state index is 0.0751. The molecular formula is C12H14N2OS. The Kier molecular flexibility index (Phi) is 3.60. The Balaban J connectivity index is 1.92. The summed E-state index contributed by atoms with van der Waals surface area (Å²) in [6, 6.07) is 6.63. The third kappa shape index (κ3) is 2.84. The van der Waals surface area contributed by atoms with Crippen molar-refractivity contribution in [3.63, 3.8) is 0 Å². The average Bonchev–Trinajstić information content (AvgIpc) is 2.81. The van der Waals surface area contributed by atoms with Gasteiger partial charge in [-0.25, -0.2) is 0 Å². The Bertz CT molecular complexity index is 408. The number of rotatable bonds is 1. The number of hydrogen-bond acceptors (Lipinski definition) is 4. The molecule has 84 valence electrons. The maximum absolute atomic E-state index is 11.6. The molecule has 2 rings (SSSR count). The smallest absolute Gasteiger partial charge is 0.247 e. The van der Waals surface area contributed by atoms with Crippen LogP contribution in [0.25, 0.3) is 0 Å². The summed E-state index contributed by atoms with van der Waals surface area (Å²) in [4.78, 5) is 16.6.